The smallest absolute Gasteiger partial charge is 0.263 e. The van der Waals surface area contributed by atoms with Crippen LogP contribution in [0.5, 0.6) is 11.5 Å². The summed E-state index contributed by atoms with van der Waals surface area (Å²) in [5.41, 5.74) is 1.81. The molecular weight excluding hydrogens is 462 g/mol. The number of carbonyl (C=O) groups excluding carboxylic acids is 1. The van der Waals surface area contributed by atoms with Gasteiger partial charge >= 0.3 is 0 Å². The molecule has 0 aliphatic heterocycles. The summed E-state index contributed by atoms with van der Waals surface area (Å²) < 4.78 is 12.0. The molecule has 0 fully saturated rings. The number of nitrogens with one attached hydrogen (secondary N) is 1. The Hall–Kier alpha value is -3.36. The van der Waals surface area contributed by atoms with Gasteiger partial charge in [-0.3, -0.25) is 14.2 Å². The molecule has 9 heteroatoms. The van der Waals surface area contributed by atoms with Gasteiger partial charge in [-0.15, -0.1) is 11.3 Å². The lowest BCUT2D eigenvalue weighted by Crippen LogP contribution is -2.33. The molecule has 0 radical (unpaired) electrons. The van der Waals surface area contributed by atoms with Gasteiger partial charge in [-0.1, -0.05) is 30.7 Å². The van der Waals surface area contributed by atoms with E-state index in [-0.39, 0.29) is 11.5 Å². The van der Waals surface area contributed by atoms with Crippen molar-refractivity contribution in [3.05, 3.63) is 69.5 Å². The number of carbonyl (C=O) groups is 1. The van der Waals surface area contributed by atoms with Crippen LogP contribution in [-0.4, -0.2) is 29.7 Å². The van der Waals surface area contributed by atoms with Crippen LogP contribution in [0.3, 0.4) is 0 Å². The number of ether oxygens (including phenoxy) is 2. The molecule has 0 aliphatic rings. The van der Waals surface area contributed by atoms with Crippen molar-refractivity contribution in [2.45, 2.75) is 19.4 Å². The van der Waals surface area contributed by atoms with Gasteiger partial charge in [-0.2, -0.15) is 0 Å². The quantitative estimate of drug-likeness (QED) is 0.381. The third-order valence-electron chi connectivity index (χ3n) is 5.36. The summed E-state index contributed by atoms with van der Waals surface area (Å²) in [5, 5.41) is 5.86. The molecule has 0 aliphatic carbocycles. The van der Waals surface area contributed by atoms with Gasteiger partial charge in [0, 0.05) is 22.0 Å². The Labute approximate surface area is 199 Å². The Morgan fingerprint density at radius 2 is 1.94 bits per heavy atom. The predicted molar refractivity (Wildman–Crippen MR) is 132 cm³/mol. The summed E-state index contributed by atoms with van der Waals surface area (Å²) in [4.78, 5) is 31.8. The number of fused-ring (bicyclic) bond motifs is 1. The number of anilines is 1. The molecule has 7 nitrogen and oxygen atoms in total. The number of benzene rings is 2. The van der Waals surface area contributed by atoms with Crippen LogP contribution < -0.4 is 20.3 Å². The van der Waals surface area contributed by atoms with Gasteiger partial charge in [0.25, 0.3) is 5.56 Å². The van der Waals surface area contributed by atoms with Crippen LogP contribution in [0.25, 0.3) is 21.3 Å². The second-order valence-electron chi connectivity index (χ2n) is 7.27. The largest absolute Gasteiger partial charge is 0.497 e. The topological polar surface area (TPSA) is 82.4 Å². The summed E-state index contributed by atoms with van der Waals surface area (Å²) >= 11 is 7.40. The van der Waals surface area contributed by atoms with E-state index in [4.69, 9.17) is 21.1 Å². The standard InChI is InChI=1S/C24H22ClN3O4S/c1-4-19(22(29)27-18-11-16(31-2)9-10-20(18)32-3)28-13-26-23-21(24(28)30)17(12-33-23)14-5-7-15(25)8-6-14/h5-13,19H,4H2,1-3H3,(H,27,29). The number of rotatable bonds is 7. The first kappa shape index (κ1) is 22.8. The van der Waals surface area contributed by atoms with Crippen LogP contribution in [0.15, 0.2) is 59.0 Å². The fourth-order valence-corrected chi connectivity index (χ4v) is 4.68. The predicted octanol–water partition coefficient (Wildman–Crippen LogP) is 5.39. The maximum Gasteiger partial charge on any atom is 0.263 e. The molecular formula is C24H22ClN3O4S. The zero-order chi connectivity index (χ0) is 23.5. The molecule has 0 bridgehead atoms. The van der Waals surface area contributed by atoms with Crippen LogP contribution in [0.2, 0.25) is 5.02 Å². The van der Waals surface area contributed by atoms with Crippen molar-refractivity contribution in [1.29, 1.82) is 0 Å². The molecule has 4 aromatic rings. The maximum atomic E-state index is 13.5. The molecule has 2 heterocycles. The summed E-state index contributed by atoms with van der Waals surface area (Å²) in [6, 6.07) is 11.6. The first-order valence-electron chi connectivity index (χ1n) is 10.2. The highest BCUT2D eigenvalue weighted by molar-refractivity contribution is 7.17. The molecule has 0 saturated heterocycles. The number of hydrogen-bond acceptors (Lipinski definition) is 6. The SMILES string of the molecule is CCC(C(=O)Nc1cc(OC)ccc1OC)n1cnc2scc(-c3ccc(Cl)cc3)c2c1=O. The average Bonchev–Trinajstić information content (AvgIpc) is 3.26. The van der Waals surface area contributed by atoms with Crippen molar-refractivity contribution in [1.82, 2.24) is 9.55 Å². The summed E-state index contributed by atoms with van der Waals surface area (Å²) in [6.45, 7) is 1.84. The highest BCUT2D eigenvalue weighted by Crippen LogP contribution is 2.32. The Morgan fingerprint density at radius 1 is 1.18 bits per heavy atom. The second kappa shape index (κ2) is 9.64. The molecule has 0 spiro atoms. The van der Waals surface area contributed by atoms with Gasteiger partial charge in [0.2, 0.25) is 5.91 Å². The molecule has 170 valence electrons. The molecule has 1 atom stereocenters. The van der Waals surface area contributed by atoms with Crippen molar-refractivity contribution >= 4 is 44.7 Å². The van der Waals surface area contributed by atoms with E-state index >= 15 is 0 Å². The van der Waals surface area contributed by atoms with E-state index in [0.29, 0.717) is 38.8 Å². The van der Waals surface area contributed by atoms with Crippen molar-refractivity contribution < 1.29 is 14.3 Å². The molecule has 1 unspecified atom stereocenters. The Bertz CT molecular complexity index is 1360. The average molecular weight is 484 g/mol. The fraction of sp³-hybridized carbons (Fsp3) is 0.208. The zero-order valence-electron chi connectivity index (χ0n) is 18.3. The molecule has 2 aromatic heterocycles. The highest BCUT2D eigenvalue weighted by Gasteiger charge is 2.24. The normalized spacial score (nSPS) is 11.9. The van der Waals surface area contributed by atoms with E-state index in [2.05, 4.69) is 10.3 Å². The number of amides is 1. The maximum absolute atomic E-state index is 13.5. The second-order valence-corrected chi connectivity index (χ2v) is 8.57. The third-order valence-corrected chi connectivity index (χ3v) is 6.50. The number of halogens is 1. The monoisotopic (exact) mass is 483 g/mol. The lowest BCUT2D eigenvalue weighted by atomic mass is 10.1. The fourth-order valence-electron chi connectivity index (χ4n) is 3.65. The van der Waals surface area contributed by atoms with E-state index in [1.54, 1.807) is 37.4 Å². The minimum atomic E-state index is -0.761. The summed E-state index contributed by atoms with van der Waals surface area (Å²) in [7, 11) is 3.06. The summed E-state index contributed by atoms with van der Waals surface area (Å²) in [6.07, 6.45) is 1.83. The first-order valence-corrected chi connectivity index (χ1v) is 11.5. The van der Waals surface area contributed by atoms with Crippen LogP contribution in [0.4, 0.5) is 5.69 Å². The van der Waals surface area contributed by atoms with E-state index in [1.807, 2.05) is 24.4 Å². The summed E-state index contributed by atoms with van der Waals surface area (Å²) in [5.74, 6) is 0.712. The molecule has 1 amide bonds. The number of aromatic nitrogens is 2. The van der Waals surface area contributed by atoms with Crippen molar-refractivity contribution in [3.8, 4) is 22.6 Å². The van der Waals surface area contributed by atoms with Crippen LogP contribution in [-0.2, 0) is 4.79 Å². The molecule has 4 rings (SSSR count). The zero-order valence-corrected chi connectivity index (χ0v) is 19.9. The Balaban J connectivity index is 1.73. The molecule has 33 heavy (non-hydrogen) atoms. The Morgan fingerprint density at radius 3 is 2.61 bits per heavy atom. The van der Waals surface area contributed by atoms with Crippen molar-refractivity contribution in [3.63, 3.8) is 0 Å². The van der Waals surface area contributed by atoms with Crippen LogP contribution in [0, 0.1) is 0 Å². The number of methoxy groups -OCH3 is 2. The molecule has 2 aromatic carbocycles. The number of thiophene rings is 1. The van der Waals surface area contributed by atoms with Crippen molar-refractivity contribution in [2.75, 3.05) is 19.5 Å². The van der Waals surface area contributed by atoms with Crippen molar-refractivity contribution in [2.24, 2.45) is 0 Å². The van der Waals surface area contributed by atoms with E-state index < -0.39 is 6.04 Å². The van der Waals surface area contributed by atoms with Gasteiger partial charge < -0.3 is 14.8 Å². The van der Waals surface area contributed by atoms with Gasteiger partial charge in [0.1, 0.15) is 22.4 Å². The first-order chi connectivity index (χ1) is 16.0. The minimum Gasteiger partial charge on any atom is -0.497 e. The van der Waals surface area contributed by atoms with Gasteiger partial charge in [0.05, 0.1) is 31.6 Å². The third kappa shape index (κ3) is 4.44. The van der Waals surface area contributed by atoms with Gasteiger partial charge in [0.15, 0.2) is 0 Å². The lowest BCUT2D eigenvalue weighted by molar-refractivity contribution is -0.119. The van der Waals surface area contributed by atoms with E-state index in [1.165, 1.54) is 29.3 Å². The van der Waals surface area contributed by atoms with Crippen LogP contribution in [0.1, 0.15) is 19.4 Å². The molecule has 0 saturated carbocycles. The van der Waals surface area contributed by atoms with Gasteiger partial charge in [-0.25, -0.2) is 4.98 Å². The lowest BCUT2D eigenvalue weighted by Gasteiger charge is -2.19. The number of hydrogen-bond donors (Lipinski definition) is 1. The molecule has 1 N–H and O–H groups in total. The van der Waals surface area contributed by atoms with E-state index in [9.17, 15) is 9.59 Å². The van der Waals surface area contributed by atoms with E-state index in [0.717, 1.165) is 11.1 Å². The number of nitrogens with zero attached hydrogens (tertiary/aromatic N) is 2. The Kier molecular flexibility index (Phi) is 6.67. The highest BCUT2D eigenvalue weighted by atomic mass is 35.5. The minimum absolute atomic E-state index is 0.272. The van der Waals surface area contributed by atoms with Crippen LogP contribution >= 0.6 is 22.9 Å². The van der Waals surface area contributed by atoms with Gasteiger partial charge in [-0.05, 0) is 36.2 Å².